The van der Waals surface area contributed by atoms with Crippen molar-refractivity contribution in [3.05, 3.63) is 169 Å². The summed E-state index contributed by atoms with van der Waals surface area (Å²) in [5, 5.41) is 10.5. The third-order valence-corrected chi connectivity index (χ3v) is 9.39. The minimum Gasteiger partial charge on any atom is -0.318 e. The van der Waals surface area contributed by atoms with Crippen LogP contribution in [-0.2, 0) is 26.2 Å². The van der Waals surface area contributed by atoms with Crippen LogP contribution in [0, 0.1) is 13.8 Å². The van der Waals surface area contributed by atoms with Gasteiger partial charge < -0.3 is 9.13 Å². The monoisotopic (exact) mass is 736 g/mol. The second-order valence-electron chi connectivity index (χ2n) is 12.9. The molecule has 2 heterocycles. The van der Waals surface area contributed by atoms with E-state index in [1.165, 1.54) is 87.7 Å². The molecule has 0 aliphatic carbocycles. The van der Waals surface area contributed by atoms with Gasteiger partial charge in [-0.2, -0.15) is 12.1 Å². The summed E-state index contributed by atoms with van der Waals surface area (Å²) >= 11 is 0. The Labute approximate surface area is 315 Å². The molecule has 0 aliphatic heterocycles. The first-order chi connectivity index (χ1) is 24.1. The molecular formula is C46H38N2SiZr. The first-order valence-corrected chi connectivity index (χ1v) is 18.9. The Kier molecular flexibility index (Phi) is 9.60. The van der Waals surface area contributed by atoms with Crippen molar-refractivity contribution in [2.75, 3.05) is 0 Å². The number of hydrogen-bond acceptors (Lipinski definition) is 0. The van der Waals surface area contributed by atoms with Gasteiger partial charge in [-0.05, 0) is 24.3 Å². The topological polar surface area (TPSA) is 9.86 Å². The van der Waals surface area contributed by atoms with Crippen LogP contribution in [0.25, 0.3) is 76.5 Å². The van der Waals surface area contributed by atoms with Crippen LogP contribution in [-0.4, -0.2) is 18.7 Å². The zero-order chi connectivity index (χ0) is 33.5. The van der Waals surface area contributed by atoms with Gasteiger partial charge in [0.25, 0.3) is 0 Å². The van der Waals surface area contributed by atoms with Crippen molar-refractivity contribution in [3.63, 3.8) is 0 Å². The quantitative estimate of drug-likeness (QED) is 0.123. The van der Waals surface area contributed by atoms with Gasteiger partial charge in [0.2, 0.25) is 0 Å². The molecule has 0 saturated heterocycles. The predicted octanol–water partition coefficient (Wildman–Crippen LogP) is 12.7. The molecule has 50 heavy (non-hydrogen) atoms. The Morgan fingerprint density at radius 1 is 0.400 bits per heavy atom. The van der Waals surface area contributed by atoms with Crippen LogP contribution in [0.2, 0.25) is 13.1 Å². The van der Waals surface area contributed by atoms with Gasteiger partial charge in [-0.1, -0.05) is 112 Å². The van der Waals surface area contributed by atoms with Gasteiger partial charge in [-0.3, -0.25) is 0 Å². The van der Waals surface area contributed by atoms with Crippen LogP contribution in [0.5, 0.6) is 0 Å². The standard InChI is InChI=1S/2C22H16N.C2H6Si.Zr/c2*1-15-13-16-7-6-12-22(19(16)14-15)23-20-10-4-2-8-17(20)18-9-3-5-11-21(18)23;1-3-2;/h2*2-14H,1H3;1-2H3;/q2*-1;;+2. The fourth-order valence-electron chi connectivity index (χ4n) is 7.49. The number of hydrogen-bond donors (Lipinski definition) is 0. The molecule has 240 valence electrons. The molecule has 2 aromatic heterocycles. The van der Waals surface area contributed by atoms with E-state index in [-0.39, 0.29) is 26.2 Å². The van der Waals surface area contributed by atoms with Crippen molar-refractivity contribution in [2.24, 2.45) is 0 Å². The van der Waals surface area contributed by atoms with E-state index in [9.17, 15) is 0 Å². The van der Waals surface area contributed by atoms with Crippen LogP contribution >= 0.6 is 0 Å². The first-order valence-electron chi connectivity index (χ1n) is 16.9. The van der Waals surface area contributed by atoms with Gasteiger partial charge in [0.1, 0.15) is 0 Å². The van der Waals surface area contributed by atoms with Gasteiger partial charge in [0, 0.05) is 42.4 Å². The van der Waals surface area contributed by atoms with E-state index in [4.69, 9.17) is 0 Å². The summed E-state index contributed by atoms with van der Waals surface area (Å²) in [6.45, 7) is 8.63. The molecule has 2 nitrogen and oxygen atoms in total. The fourth-order valence-corrected chi connectivity index (χ4v) is 7.49. The zero-order valence-electron chi connectivity index (χ0n) is 28.9. The molecule has 0 saturated carbocycles. The van der Waals surface area contributed by atoms with Crippen LogP contribution in [0.3, 0.4) is 0 Å². The van der Waals surface area contributed by atoms with Crippen molar-refractivity contribution in [1.29, 1.82) is 0 Å². The summed E-state index contributed by atoms with van der Waals surface area (Å²) in [6.07, 6.45) is 0. The second-order valence-corrected chi connectivity index (χ2v) is 13.9. The molecule has 8 aromatic carbocycles. The van der Waals surface area contributed by atoms with Crippen molar-refractivity contribution >= 4 is 74.7 Å². The van der Waals surface area contributed by atoms with E-state index in [2.05, 4.69) is 194 Å². The molecule has 0 amide bonds. The molecule has 2 radical (unpaired) electrons. The first kappa shape index (κ1) is 33.7. The van der Waals surface area contributed by atoms with Gasteiger partial charge in [0.05, 0.1) is 22.1 Å². The minimum absolute atomic E-state index is 0. The zero-order valence-corrected chi connectivity index (χ0v) is 32.4. The van der Waals surface area contributed by atoms with Crippen LogP contribution < -0.4 is 0 Å². The van der Waals surface area contributed by atoms with E-state index in [1.807, 2.05) is 0 Å². The maximum atomic E-state index is 2.40. The maximum absolute atomic E-state index is 2.40. The summed E-state index contributed by atoms with van der Waals surface area (Å²) in [5.74, 6) is 0. The maximum Gasteiger partial charge on any atom is 2.00 e. The molecule has 0 fully saturated rings. The van der Waals surface area contributed by atoms with Crippen molar-refractivity contribution in [3.8, 4) is 11.4 Å². The number of nitrogens with zero attached hydrogens (tertiary/aromatic N) is 2. The van der Waals surface area contributed by atoms with Gasteiger partial charge in [-0.15, -0.1) is 69.1 Å². The number of benzene rings is 6. The fraction of sp³-hybridized carbons (Fsp3) is 0.0870. The Morgan fingerprint density at radius 3 is 1.02 bits per heavy atom. The number of rotatable bonds is 2. The van der Waals surface area contributed by atoms with E-state index in [1.54, 1.807) is 0 Å². The Hall–Kier alpha value is -4.76. The Bertz CT molecular complexity index is 2460. The molecule has 10 rings (SSSR count). The molecule has 10 aromatic rings. The molecule has 0 aliphatic rings. The molecule has 0 atom stereocenters. The summed E-state index contributed by atoms with van der Waals surface area (Å²) in [5.41, 5.74) is 10.2. The molecule has 0 spiro atoms. The Balaban J connectivity index is 0.000000143. The summed E-state index contributed by atoms with van der Waals surface area (Å²) in [7, 11) is 1.08. The van der Waals surface area contributed by atoms with Crippen molar-refractivity contribution in [2.45, 2.75) is 26.9 Å². The van der Waals surface area contributed by atoms with E-state index in [0.717, 1.165) is 9.52 Å². The predicted molar refractivity (Wildman–Crippen MR) is 215 cm³/mol. The molecular weight excluding hydrogens is 700 g/mol. The summed E-state index contributed by atoms with van der Waals surface area (Å²) in [4.78, 5) is 0. The second kappa shape index (κ2) is 14.2. The van der Waals surface area contributed by atoms with E-state index < -0.39 is 0 Å². The summed E-state index contributed by atoms with van der Waals surface area (Å²) < 4.78 is 4.79. The average Bonchev–Trinajstić information content (AvgIpc) is 3.88. The molecule has 0 N–H and O–H groups in total. The molecule has 4 heteroatoms. The molecule has 0 unspecified atom stereocenters. The smallest absolute Gasteiger partial charge is 0.318 e. The van der Waals surface area contributed by atoms with Gasteiger partial charge in [-0.25, -0.2) is 0 Å². The van der Waals surface area contributed by atoms with Gasteiger partial charge in [0.15, 0.2) is 0 Å². The number of aromatic nitrogens is 2. The third-order valence-electron chi connectivity index (χ3n) is 9.39. The number of aryl methyl sites for hydroxylation is 2. The molecule has 0 bridgehead atoms. The van der Waals surface area contributed by atoms with E-state index in [0.29, 0.717) is 0 Å². The number of para-hydroxylation sites is 4. The third kappa shape index (κ3) is 5.81. The average molecular weight is 738 g/mol. The van der Waals surface area contributed by atoms with Crippen LogP contribution in [0.1, 0.15) is 11.1 Å². The van der Waals surface area contributed by atoms with Crippen LogP contribution in [0.4, 0.5) is 0 Å². The van der Waals surface area contributed by atoms with Crippen molar-refractivity contribution in [1.82, 2.24) is 9.13 Å². The minimum atomic E-state index is 0. The largest absolute Gasteiger partial charge is 2.00 e. The summed E-state index contributed by atoms with van der Waals surface area (Å²) in [6, 6.07) is 56.9. The van der Waals surface area contributed by atoms with Crippen molar-refractivity contribution < 1.29 is 26.2 Å². The SMILES string of the molecule is C[Si]C.Cc1cc2c(-n3c4ccccc4c4ccccc43)cccc2[cH-]1.Cc1cc2c(-n3c4ccccc4c4ccccc43)cccc2[cH-]1.[Zr+2]. The van der Waals surface area contributed by atoms with Gasteiger partial charge >= 0.3 is 26.2 Å². The normalized spacial score (nSPS) is 11.1. The Morgan fingerprint density at radius 2 is 0.700 bits per heavy atom. The van der Waals surface area contributed by atoms with Crippen LogP contribution in [0.15, 0.2) is 158 Å². The number of fused-ring (bicyclic) bond motifs is 8. The van der Waals surface area contributed by atoms with E-state index >= 15 is 0 Å².